The summed E-state index contributed by atoms with van der Waals surface area (Å²) >= 11 is 0. The van der Waals surface area contributed by atoms with Gasteiger partial charge in [-0.3, -0.25) is 4.68 Å². The molecule has 1 aromatic heterocycles. The molecule has 4 nitrogen and oxygen atoms in total. The highest BCUT2D eigenvalue weighted by Crippen LogP contribution is 2.23. The molecule has 18 heavy (non-hydrogen) atoms. The van der Waals surface area contributed by atoms with E-state index in [4.69, 9.17) is 0 Å². The molecule has 1 aromatic rings. The Hall–Kier alpha value is -0.870. The molecule has 0 aliphatic rings. The standard InChI is InChI=1S/C14H27N3O/c1-6-12(18)7-8-15-9-11-10-17(5)16-13(11)14(2,3)4/h10,12,15,18H,6-9H2,1-5H3. The topological polar surface area (TPSA) is 50.1 Å². The lowest BCUT2D eigenvalue weighted by atomic mass is 9.89. The second-order valence-electron chi connectivity index (χ2n) is 5.95. The molecule has 0 spiro atoms. The van der Waals surface area contributed by atoms with Gasteiger partial charge in [-0.15, -0.1) is 0 Å². The predicted octanol–water partition coefficient (Wildman–Crippen LogP) is 1.97. The first-order valence-electron chi connectivity index (χ1n) is 6.76. The van der Waals surface area contributed by atoms with Gasteiger partial charge in [-0.1, -0.05) is 27.7 Å². The van der Waals surface area contributed by atoms with Gasteiger partial charge in [0.2, 0.25) is 0 Å². The third kappa shape index (κ3) is 4.42. The van der Waals surface area contributed by atoms with Crippen molar-refractivity contribution in [1.29, 1.82) is 0 Å². The van der Waals surface area contributed by atoms with Crippen LogP contribution in [0.5, 0.6) is 0 Å². The summed E-state index contributed by atoms with van der Waals surface area (Å²) in [6, 6.07) is 0. The first-order valence-corrected chi connectivity index (χ1v) is 6.76. The van der Waals surface area contributed by atoms with E-state index in [1.165, 1.54) is 5.56 Å². The summed E-state index contributed by atoms with van der Waals surface area (Å²) in [7, 11) is 1.96. The molecule has 0 aromatic carbocycles. The van der Waals surface area contributed by atoms with Crippen molar-refractivity contribution >= 4 is 0 Å². The lowest BCUT2D eigenvalue weighted by Gasteiger charge is -2.17. The van der Waals surface area contributed by atoms with Gasteiger partial charge in [0.1, 0.15) is 0 Å². The zero-order chi connectivity index (χ0) is 13.8. The fourth-order valence-electron chi connectivity index (χ4n) is 1.99. The Morgan fingerprint density at radius 2 is 2.11 bits per heavy atom. The molecule has 104 valence electrons. The Kier molecular flexibility index (Phi) is 5.35. The molecule has 1 unspecified atom stereocenters. The molecule has 0 radical (unpaired) electrons. The number of nitrogens with one attached hydrogen (secondary N) is 1. The maximum absolute atomic E-state index is 9.49. The van der Waals surface area contributed by atoms with Gasteiger partial charge < -0.3 is 10.4 Å². The molecule has 0 aliphatic carbocycles. The Morgan fingerprint density at radius 3 is 2.67 bits per heavy atom. The van der Waals surface area contributed by atoms with Gasteiger partial charge in [-0.2, -0.15) is 5.10 Å². The van der Waals surface area contributed by atoms with Crippen LogP contribution in [0.15, 0.2) is 6.20 Å². The fraction of sp³-hybridized carbons (Fsp3) is 0.786. The fourth-order valence-corrected chi connectivity index (χ4v) is 1.99. The lowest BCUT2D eigenvalue weighted by molar-refractivity contribution is 0.159. The summed E-state index contributed by atoms with van der Waals surface area (Å²) in [4.78, 5) is 0. The van der Waals surface area contributed by atoms with Crippen LogP contribution in [0.25, 0.3) is 0 Å². The summed E-state index contributed by atoms with van der Waals surface area (Å²) < 4.78 is 1.87. The van der Waals surface area contributed by atoms with Crippen molar-refractivity contribution in [3.63, 3.8) is 0 Å². The minimum Gasteiger partial charge on any atom is -0.393 e. The molecule has 0 saturated carbocycles. The van der Waals surface area contributed by atoms with Crippen LogP contribution in [0, 0.1) is 0 Å². The van der Waals surface area contributed by atoms with E-state index in [-0.39, 0.29) is 11.5 Å². The van der Waals surface area contributed by atoms with Gasteiger partial charge in [-0.25, -0.2) is 0 Å². The number of nitrogens with zero attached hydrogens (tertiary/aromatic N) is 2. The molecule has 0 saturated heterocycles. The van der Waals surface area contributed by atoms with Crippen molar-refractivity contribution in [3.8, 4) is 0 Å². The number of aryl methyl sites for hydroxylation is 1. The average Bonchev–Trinajstić information content (AvgIpc) is 2.65. The summed E-state index contributed by atoms with van der Waals surface area (Å²) in [5.74, 6) is 0. The van der Waals surface area contributed by atoms with Gasteiger partial charge >= 0.3 is 0 Å². The minimum absolute atomic E-state index is 0.0706. The van der Waals surface area contributed by atoms with Crippen LogP contribution in [0.1, 0.15) is 51.8 Å². The van der Waals surface area contributed by atoms with Crippen molar-refractivity contribution in [2.24, 2.45) is 7.05 Å². The number of aromatic nitrogens is 2. The van der Waals surface area contributed by atoms with Crippen molar-refractivity contribution in [3.05, 3.63) is 17.5 Å². The van der Waals surface area contributed by atoms with Crippen LogP contribution in [0.4, 0.5) is 0 Å². The molecule has 1 rings (SSSR count). The second kappa shape index (κ2) is 6.34. The molecule has 2 N–H and O–H groups in total. The molecular weight excluding hydrogens is 226 g/mol. The van der Waals surface area contributed by atoms with E-state index in [1.54, 1.807) is 0 Å². The normalized spacial score (nSPS) is 13.9. The van der Waals surface area contributed by atoms with Crippen molar-refractivity contribution in [2.45, 2.75) is 58.6 Å². The summed E-state index contributed by atoms with van der Waals surface area (Å²) in [6.45, 7) is 10.2. The van der Waals surface area contributed by atoms with Crippen molar-refractivity contribution in [1.82, 2.24) is 15.1 Å². The smallest absolute Gasteiger partial charge is 0.0722 e. The maximum Gasteiger partial charge on any atom is 0.0722 e. The van der Waals surface area contributed by atoms with Crippen LogP contribution in [-0.4, -0.2) is 27.5 Å². The zero-order valence-corrected chi connectivity index (χ0v) is 12.3. The highest BCUT2D eigenvalue weighted by atomic mass is 16.3. The van der Waals surface area contributed by atoms with E-state index < -0.39 is 0 Å². The average molecular weight is 253 g/mol. The second-order valence-corrected chi connectivity index (χ2v) is 5.95. The Bertz CT molecular complexity index is 366. The third-order valence-electron chi connectivity index (χ3n) is 3.06. The first kappa shape index (κ1) is 15.2. The van der Waals surface area contributed by atoms with Crippen molar-refractivity contribution < 1.29 is 5.11 Å². The SMILES string of the molecule is CCC(O)CCNCc1cn(C)nc1C(C)(C)C. The van der Waals surface area contributed by atoms with Crippen LogP contribution < -0.4 is 5.32 Å². The highest BCUT2D eigenvalue weighted by molar-refractivity contribution is 5.23. The molecular formula is C14H27N3O. The summed E-state index contributed by atoms with van der Waals surface area (Å²) in [5.41, 5.74) is 2.46. The third-order valence-corrected chi connectivity index (χ3v) is 3.06. The van der Waals surface area contributed by atoms with Crippen molar-refractivity contribution in [2.75, 3.05) is 6.54 Å². The van der Waals surface area contributed by atoms with Crippen LogP contribution in [0.2, 0.25) is 0 Å². The molecule has 1 heterocycles. The first-order chi connectivity index (χ1) is 8.34. The van der Waals surface area contributed by atoms with E-state index in [1.807, 2.05) is 18.7 Å². The Morgan fingerprint density at radius 1 is 1.44 bits per heavy atom. The molecule has 0 amide bonds. The zero-order valence-electron chi connectivity index (χ0n) is 12.3. The quantitative estimate of drug-likeness (QED) is 0.762. The van der Waals surface area contributed by atoms with E-state index in [2.05, 4.69) is 37.4 Å². The van der Waals surface area contributed by atoms with Gasteiger partial charge in [0.05, 0.1) is 11.8 Å². The van der Waals surface area contributed by atoms with E-state index in [0.29, 0.717) is 0 Å². The minimum atomic E-state index is -0.187. The van der Waals surface area contributed by atoms with E-state index >= 15 is 0 Å². The molecule has 0 aliphatic heterocycles. The Balaban J connectivity index is 2.52. The molecule has 4 heteroatoms. The van der Waals surface area contributed by atoms with Gasteiger partial charge in [0.25, 0.3) is 0 Å². The number of rotatable bonds is 6. The van der Waals surface area contributed by atoms with Crippen LogP contribution >= 0.6 is 0 Å². The predicted molar refractivity (Wildman–Crippen MR) is 74.5 cm³/mol. The van der Waals surface area contributed by atoms with Gasteiger partial charge in [0, 0.05) is 30.8 Å². The summed E-state index contributed by atoms with van der Waals surface area (Å²) in [5, 5.41) is 17.4. The van der Waals surface area contributed by atoms with Gasteiger partial charge in [-0.05, 0) is 19.4 Å². The van der Waals surface area contributed by atoms with Crippen LogP contribution in [-0.2, 0) is 19.0 Å². The van der Waals surface area contributed by atoms with E-state index in [9.17, 15) is 5.11 Å². The molecule has 0 fully saturated rings. The largest absolute Gasteiger partial charge is 0.393 e. The molecule has 1 atom stereocenters. The summed E-state index contributed by atoms with van der Waals surface area (Å²) in [6.07, 6.45) is 3.52. The lowest BCUT2D eigenvalue weighted by Crippen LogP contribution is -2.22. The number of hydrogen-bond acceptors (Lipinski definition) is 3. The molecule has 0 bridgehead atoms. The van der Waals surface area contributed by atoms with Crippen LogP contribution in [0.3, 0.4) is 0 Å². The number of aliphatic hydroxyl groups excluding tert-OH is 1. The Labute approximate surface area is 110 Å². The maximum atomic E-state index is 9.49. The highest BCUT2D eigenvalue weighted by Gasteiger charge is 2.21. The van der Waals surface area contributed by atoms with Gasteiger partial charge in [0.15, 0.2) is 0 Å². The monoisotopic (exact) mass is 253 g/mol. The van der Waals surface area contributed by atoms with E-state index in [0.717, 1.165) is 31.6 Å². The number of hydrogen-bond donors (Lipinski definition) is 2. The number of aliphatic hydroxyl groups is 1.